The minimum absolute atomic E-state index is 0.00465. The number of anilines is 1. The van der Waals surface area contributed by atoms with Gasteiger partial charge in [0, 0.05) is 42.0 Å². The smallest absolute Gasteiger partial charge is 0.396 e. The Morgan fingerprint density at radius 2 is 1.92 bits per heavy atom. The number of rotatable bonds is 6. The highest BCUT2D eigenvalue weighted by Gasteiger charge is 2.46. The van der Waals surface area contributed by atoms with Crippen LogP contribution in [0.4, 0.5) is 23.7 Å². The second-order valence-electron chi connectivity index (χ2n) is 8.44. The predicted octanol–water partition coefficient (Wildman–Crippen LogP) is 4.30. The number of nitriles is 1. The van der Waals surface area contributed by atoms with Crippen molar-refractivity contribution in [1.29, 1.82) is 5.26 Å². The predicted molar refractivity (Wildman–Crippen MR) is 125 cm³/mol. The molecule has 1 aliphatic heterocycles. The molecule has 1 N–H and O–H groups in total. The molecule has 0 radical (unpaired) electrons. The van der Waals surface area contributed by atoms with Crippen molar-refractivity contribution in [1.82, 2.24) is 4.90 Å². The van der Waals surface area contributed by atoms with Crippen molar-refractivity contribution in [3.8, 4) is 6.07 Å². The van der Waals surface area contributed by atoms with Crippen molar-refractivity contribution >= 4 is 28.3 Å². The number of carbonyl (C=O) groups excluding carboxylic acids is 2. The molecule has 0 fully saturated rings. The van der Waals surface area contributed by atoms with Gasteiger partial charge in [-0.1, -0.05) is 12.1 Å². The van der Waals surface area contributed by atoms with Gasteiger partial charge in [-0.3, -0.25) is 13.9 Å². The van der Waals surface area contributed by atoms with Gasteiger partial charge in [-0.25, -0.2) is 4.79 Å². The summed E-state index contributed by atoms with van der Waals surface area (Å²) in [6.45, 7) is -0.269. The Balaban J connectivity index is 1.96. The van der Waals surface area contributed by atoms with E-state index in [1.165, 1.54) is 35.4 Å². The number of ketones is 1. The van der Waals surface area contributed by atoms with Crippen molar-refractivity contribution in [2.75, 3.05) is 24.3 Å². The molecular weight excluding hydrogens is 495 g/mol. The van der Waals surface area contributed by atoms with Crippen LogP contribution >= 0.6 is 0 Å². The molecule has 2 aliphatic rings. The molecule has 0 aromatic heterocycles. The number of carbonyl (C=O) groups is 2. The van der Waals surface area contributed by atoms with Crippen LogP contribution in [0.5, 0.6) is 0 Å². The summed E-state index contributed by atoms with van der Waals surface area (Å²) in [5.74, 6) is -0.273. The zero-order chi connectivity index (χ0) is 26.2. The molecule has 7 nitrogen and oxygen atoms in total. The maximum Gasteiger partial charge on any atom is 0.416 e. The van der Waals surface area contributed by atoms with Gasteiger partial charge < -0.3 is 10.0 Å². The van der Waals surface area contributed by atoms with Gasteiger partial charge in [-0.15, -0.1) is 0 Å². The lowest BCUT2D eigenvalue weighted by molar-refractivity contribution is -0.137. The number of aliphatic hydroxyl groups excluding tert-OH is 1. The Morgan fingerprint density at radius 3 is 2.56 bits per heavy atom. The van der Waals surface area contributed by atoms with Crippen molar-refractivity contribution in [2.24, 2.45) is 0 Å². The first kappa shape index (κ1) is 25.6. The van der Waals surface area contributed by atoms with E-state index in [0.717, 1.165) is 17.0 Å². The van der Waals surface area contributed by atoms with Gasteiger partial charge in [-0.2, -0.15) is 18.4 Å². The van der Waals surface area contributed by atoms with E-state index >= 15 is 0 Å². The van der Waals surface area contributed by atoms with E-state index in [0.29, 0.717) is 11.3 Å². The Hall–Kier alpha value is -3.49. The number of allylic oxidation sites excluding steroid dienone is 1. The van der Waals surface area contributed by atoms with Crippen molar-refractivity contribution in [3.05, 3.63) is 70.4 Å². The molecule has 0 bridgehead atoms. The van der Waals surface area contributed by atoms with E-state index in [9.17, 15) is 37.3 Å². The van der Waals surface area contributed by atoms with Gasteiger partial charge in [0.05, 0.1) is 39.7 Å². The summed E-state index contributed by atoms with van der Waals surface area (Å²) in [5, 5.41) is 18.8. The van der Waals surface area contributed by atoms with Crippen molar-refractivity contribution < 1.29 is 32.1 Å². The highest BCUT2D eigenvalue weighted by Crippen LogP contribution is 2.46. The number of Topliss-reactive ketones (excluding diaryl/α,β-unsaturated/α-hetero) is 1. The summed E-state index contributed by atoms with van der Waals surface area (Å²) in [5.41, 5.74) is 0.230. The maximum absolute atomic E-state index is 13.8. The molecule has 0 saturated heterocycles. The third kappa shape index (κ3) is 4.54. The van der Waals surface area contributed by atoms with Crippen LogP contribution in [0, 0.1) is 11.3 Å². The largest absolute Gasteiger partial charge is 0.416 e. The van der Waals surface area contributed by atoms with E-state index in [1.807, 2.05) is 6.07 Å². The number of benzene rings is 2. The molecule has 2 unspecified atom stereocenters. The molecule has 188 valence electrons. The maximum atomic E-state index is 13.8. The summed E-state index contributed by atoms with van der Waals surface area (Å²) in [4.78, 5) is 29.7. The summed E-state index contributed by atoms with van der Waals surface area (Å²) in [6, 6.07) is 9.21. The lowest BCUT2D eigenvalue weighted by atomic mass is 9.92. The number of nitrogens with zero attached hydrogens (tertiary/aromatic N) is 3. The molecule has 11 heteroatoms. The zero-order valence-corrected chi connectivity index (χ0v) is 20.0. The fraction of sp³-hybridized carbons (Fsp3) is 0.320. The summed E-state index contributed by atoms with van der Waals surface area (Å²) in [6.07, 6.45) is -2.83. The molecule has 36 heavy (non-hydrogen) atoms. The van der Waals surface area contributed by atoms with Crippen LogP contribution in [0.25, 0.3) is 0 Å². The number of urea groups is 1. The lowest BCUT2D eigenvalue weighted by Crippen LogP contribution is -2.50. The first-order chi connectivity index (χ1) is 17.1. The minimum Gasteiger partial charge on any atom is -0.396 e. The van der Waals surface area contributed by atoms with Gasteiger partial charge in [0.2, 0.25) is 0 Å². The molecule has 1 aliphatic carbocycles. The highest BCUT2D eigenvalue weighted by atomic mass is 32.2. The number of hydrogen-bond acceptors (Lipinski definition) is 5. The van der Waals surface area contributed by atoms with Crippen molar-refractivity contribution in [3.63, 3.8) is 0 Å². The first-order valence-electron chi connectivity index (χ1n) is 11.1. The number of alkyl halides is 3. The molecule has 2 aromatic carbocycles. The second kappa shape index (κ2) is 9.87. The van der Waals surface area contributed by atoms with Crippen LogP contribution < -0.4 is 4.90 Å². The Kier molecular flexibility index (Phi) is 7.02. The quantitative estimate of drug-likeness (QED) is 0.616. The first-order valence-corrected chi connectivity index (χ1v) is 12.7. The molecule has 2 aromatic rings. The monoisotopic (exact) mass is 517 g/mol. The molecule has 2 amide bonds. The number of hydrogen-bond donors (Lipinski definition) is 1. The van der Waals surface area contributed by atoms with Gasteiger partial charge in [0.1, 0.15) is 0 Å². The van der Waals surface area contributed by atoms with Crippen LogP contribution in [0.15, 0.2) is 58.6 Å². The van der Waals surface area contributed by atoms with Gasteiger partial charge in [-0.05, 0) is 48.7 Å². The third-order valence-electron chi connectivity index (χ3n) is 6.23. The Bertz CT molecular complexity index is 1330. The van der Waals surface area contributed by atoms with E-state index in [1.54, 1.807) is 6.07 Å². The third-order valence-corrected chi connectivity index (χ3v) is 7.20. The highest BCUT2D eigenvalue weighted by molar-refractivity contribution is 7.84. The molecule has 0 saturated carbocycles. The van der Waals surface area contributed by atoms with E-state index in [-0.39, 0.29) is 59.9 Å². The molecule has 4 rings (SSSR count). The van der Waals surface area contributed by atoms with E-state index < -0.39 is 34.6 Å². The molecular formula is C25H22F3N3O4S. The standard InChI is InChI=1S/C25H22F3N3O4S/c1-36(35)21-12-15(14-29)6-7-18(21)23-22-19(8-9-20(22)33)31(24(34)30(23)10-3-11-32)17-5-2-4-16(13-17)25(26,27)28/h2,4-7,12-13,23,32H,3,8-11H2,1H3. The number of amides is 2. The van der Waals surface area contributed by atoms with Gasteiger partial charge in [0.15, 0.2) is 5.78 Å². The Morgan fingerprint density at radius 1 is 1.17 bits per heavy atom. The van der Waals surface area contributed by atoms with Crippen molar-refractivity contribution in [2.45, 2.75) is 36.4 Å². The average molecular weight is 518 g/mol. The summed E-state index contributed by atoms with van der Waals surface area (Å²) < 4.78 is 52.8. The number of aliphatic hydroxyl groups is 1. The SMILES string of the molecule is CS(=O)c1cc(C#N)ccc1C1C2=C(CCC2=O)N(c2cccc(C(F)(F)F)c2)C(=O)N1CCCO. The Labute approximate surface area is 207 Å². The average Bonchev–Trinajstić information content (AvgIpc) is 3.22. The minimum atomic E-state index is -4.63. The van der Waals surface area contributed by atoms with E-state index in [2.05, 4.69) is 0 Å². The van der Waals surface area contributed by atoms with Crippen LogP contribution in [0.3, 0.4) is 0 Å². The summed E-state index contributed by atoms with van der Waals surface area (Å²) >= 11 is 0. The summed E-state index contributed by atoms with van der Waals surface area (Å²) in [7, 11) is -1.57. The van der Waals surface area contributed by atoms with Crippen LogP contribution in [0.1, 0.15) is 42.0 Å². The lowest BCUT2D eigenvalue weighted by Gasteiger charge is -2.42. The van der Waals surface area contributed by atoms with Gasteiger partial charge >= 0.3 is 12.2 Å². The van der Waals surface area contributed by atoms with Crippen LogP contribution in [-0.2, 0) is 21.8 Å². The van der Waals surface area contributed by atoms with Gasteiger partial charge in [0.25, 0.3) is 0 Å². The topological polar surface area (TPSA) is 102 Å². The molecule has 0 spiro atoms. The van der Waals surface area contributed by atoms with Crippen LogP contribution in [-0.4, -0.2) is 45.4 Å². The zero-order valence-electron chi connectivity index (χ0n) is 19.2. The molecule has 1 heterocycles. The normalized spacial score (nSPS) is 18.9. The fourth-order valence-electron chi connectivity index (χ4n) is 4.67. The second-order valence-corrected chi connectivity index (χ2v) is 9.79. The molecule has 2 atom stereocenters. The van der Waals surface area contributed by atoms with Crippen LogP contribution in [0.2, 0.25) is 0 Å². The van der Waals surface area contributed by atoms with E-state index in [4.69, 9.17) is 0 Å². The fourth-order valence-corrected chi connectivity index (χ4v) is 5.48. The number of halogens is 3.